The van der Waals surface area contributed by atoms with Crippen molar-refractivity contribution in [1.82, 2.24) is 9.78 Å². The number of H-pyrrole nitrogens is 1. The van der Waals surface area contributed by atoms with E-state index in [0.717, 1.165) is 0 Å². The molecule has 0 saturated heterocycles. The highest BCUT2D eigenvalue weighted by Gasteiger charge is 2.00. The molecule has 0 aliphatic heterocycles. The summed E-state index contributed by atoms with van der Waals surface area (Å²) in [6.45, 7) is 0.336. The van der Waals surface area contributed by atoms with Gasteiger partial charge in [0.15, 0.2) is 0 Å². The Kier molecular flexibility index (Phi) is 3.81. The van der Waals surface area contributed by atoms with Crippen molar-refractivity contribution in [2.24, 2.45) is 0 Å². The number of halogens is 2. The smallest absolute Gasteiger partial charge is 0.267 e. The Balaban J connectivity index is 2.89. The third-order valence-electron chi connectivity index (χ3n) is 1.52. The Morgan fingerprint density at radius 1 is 1.71 bits per heavy atom. The molecule has 0 aliphatic rings. The zero-order chi connectivity index (χ0) is 10.6. The van der Waals surface area contributed by atoms with E-state index in [9.17, 15) is 4.79 Å². The van der Waals surface area contributed by atoms with Crippen LogP contribution >= 0.6 is 23.2 Å². The van der Waals surface area contributed by atoms with Gasteiger partial charge in [0.05, 0.1) is 24.7 Å². The minimum atomic E-state index is -0.207. The summed E-state index contributed by atoms with van der Waals surface area (Å²) in [5.74, 6) is 0. The summed E-state index contributed by atoms with van der Waals surface area (Å²) in [5, 5.41) is 11.1. The Morgan fingerprint density at radius 2 is 2.43 bits per heavy atom. The van der Waals surface area contributed by atoms with Crippen LogP contribution in [-0.4, -0.2) is 9.78 Å². The van der Waals surface area contributed by atoms with E-state index in [2.05, 4.69) is 5.10 Å². The van der Waals surface area contributed by atoms with Crippen LogP contribution in [0.25, 0.3) is 6.08 Å². The van der Waals surface area contributed by atoms with Crippen molar-refractivity contribution in [1.29, 1.82) is 5.26 Å². The summed E-state index contributed by atoms with van der Waals surface area (Å²) in [6.07, 6.45) is 1.70. The predicted molar refractivity (Wildman–Crippen MR) is 55.0 cm³/mol. The second-order valence-electron chi connectivity index (χ2n) is 2.54. The molecule has 1 rings (SSSR count). The number of nitrogens with one attached hydrogen (secondary N) is 1. The molecule has 1 aromatic rings. The Bertz CT molecular complexity index is 434. The normalized spacial score (nSPS) is 9.50. The third kappa shape index (κ3) is 2.95. The summed E-state index contributed by atoms with van der Waals surface area (Å²) in [6, 6.07) is 3.31. The van der Waals surface area contributed by atoms with Gasteiger partial charge < -0.3 is 0 Å². The molecule has 0 spiro atoms. The fourth-order valence-electron chi connectivity index (χ4n) is 0.974. The maximum Gasteiger partial charge on any atom is 0.267 e. The lowest BCUT2D eigenvalue weighted by Crippen LogP contribution is -2.15. The van der Waals surface area contributed by atoms with E-state index in [-0.39, 0.29) is 16.5 Å². The summed E-state index contributed by atoms with van der Waals surface area (Å²) in [5.41, 5.74) is 0.314. The van der Waals surface area contributed by atoms with Crippen molar-refractivity contribution >= 4 is 29.3 Å². The first-order valence-electron chi connectivity index (χ1n) is 3.83. The van der Waals surface area contributed by atoms with Gasteiger partial charge in [0.25, 0.3) is 5.56 Å². The summed E-state index contributed by atoms with van der Waals surface area (Å²) in [4.78, 5) is 11.2. The summed E-state index contributed by atoms with van der Waals surface area (Å²) in [7, 11) is 0. The van der Waals surface area contributed by atoms with Gasteiger partial charge in [-0.1, -0.05) is 23.2 Å². The molecular weight excluding hydrogens is 225 g/mol. The quantitative estimate of drug-likeness (QED) is 0.864. The standard InChI is InChI=1S/C8H7Cl2N3O/c9-7(10)4-6-5-8(14)13(12-6)3-1-2-11/h4-5,12H,1,3H2. The van der Waals surface area contributed by atoms with Crippen LogP contribution in [0.3, 0.4) is 0 Å². The van der Waals surface area contributed by atoms with Crippen molar-refractivity contribution in [3.8, 4) is 6.07 Å². The molecule has 0 unspecified atom stereocenters. The Morgan fingerprint density at radius 3 is 3.00 bits per heavy atom. The van der Waals surface area contributed by atoms with E-state index in [1.54, 1.807) is 0 Å². The highest BCUT2D eigenvalue weighted by atomic mass is 35.5. The molecule has 0 bridgehead atoms. The molecule has 0 fully saturated rings. The van der Waals surface area contributed by atoms with E-state index in [4.69, 9.17) is 28.5 Å². The van der Waals surface area contributed by atoms with Crippen LogP contribution in [0.15, 0.2) is 15.4 Å². The minimum absolute atomic E-state index is 0.0682. The van der Waals surface area contributed by atoms with Crippen LogP contribution < -0.4 is 5.56 Å². The molecule has 74 valence electrons. The van der Waals surface area contributed by atoms with Gasteiger partial charge in [-0.15, -0.1) is 0 Å². The molecule has 0 aliphatic carbocycles. The summed E-state index contributed by atoms with van der Waals surface area (Å²) < 4.78 is 1.39. The van der Waals surface area contributed by atoms with Crippen LogP contribution in [0, 0.1) is 11.3 Å². The van der Waals surface area contributed by atoms with Gasteiger partial charge in [0.1, 0.15) is 4.49 Å². The molecule has 1 aromatic heterocycles. The maximum atomic E-state index is 11.2. The van der Waals surface area contributed by atoms with Crippen molar-refractivity contribution in [3.05, 3.63) is 26.6 Å². The second kappa shape index (κ2) is 4.89. The molecule has 0 saturated carbocycles. The second-order valence-corrected chi connectivity index (χ2v) is 3.55. The molecular formula is C8H7Cl2N3O. The van der Waals surface area contributed by atoms with Crippen LogP contribution in [-0.2, 0) is 6.54 Å². The van der Waals surface area contributed by atoms with Crippen LogP contribution in [0.2, 0.25) is 0 Å². The third-order valence-corrected chi connectivity index (χ3v) is 1.74. The molecule has 1 N–H and O–H groups in total. The molecule has 0 aromatic carbocycles. The van der Waals surface area contributed by atoms with Crippen molar-refractivity contribution in [3.63, 3.8) is 0 Å². The largest absolute Gasteiger partial charge is 0.295 e. The number of nitriles is 1. The molecule has 0 radical (unpaired) electrons. The number of aryl methyl sites for hydroxylation is 1. The van der Waals surface area contributed by atoms with Gasteiger partial charge in [-0.2, -0.15) is 5.26 Å². The van der Waals surface area contributed by atoms with E-state index < -0.39 is 0 Å². The first kappa shape index (κ1) is 10.9. The van der Waals surface area contributed by atoms with E-state index in [0.29, 0.717) is 12.2 Å². The number of hydrogen-bond donors (Lipinski definition) is 1. The van der Waals surface area contributed by atoms with Crippen LogP contribution in [0.5, 0.6) is 0 Å². The fraction of sp³-hybridized carbons (Fsp3) is 0.250. The fourth-order valence-corrected chi connectivity index (χ4v) is 1.21. The van der Waals surface area contributed by atoms with Gasteiger partial charge in [0, 0.05) is 6.07 Å². The first-order valence-corrected chi connectivity index (χ1v) is 4.58. The first-order chi connectivity index (χ1) is 6.63. The molecule has 0 atom stereocenters. The Hall–Kier alpha value is -1.18. The van der Waals surface area contributed by atoms with Crippen molar-refractivity contribution < 1.29 is 0 Å². The van der Waals surface area contributed by atoms with Gasteiger partial charge in [-0.3, -0.25) is 14.6 Å². The van der Waals surface area contributed by atoms with Gasteiger partial charge in [-0.05, 0) is 6.08 Å². The van der Waals surface area contributed by atoms with Gasteiger partial charge in [0.2, 0.25) is 0 Å². The van der Waals surface area contributed by atoms with Crippen LogP contribution in [0.1, 0.15) is 12.1 Å². The molecule has 6 heteroatoms. The molecule has 14 heavy (non-hydrogen) atoms. The lowest BCUT2D eigenvalue weighted by molar-refractivity contribution is 0.607. The van der Waals surface area contributed by atoms with E-state index in [1.807, 2.05) is 6.07 Å². The molecule has 0 amide bonds. The zero-order valence-corrected chi connectivity index (χ0v) is 8.64. The number of aromatic amines is 1. The Labute approximate surface area is 90.3 Å². The highest BCUT2D eigenvalue weighted by molar-refractivity contribution is 6.57. The number of aromatic nitrogens is 2. The van der Waals surface area contributed by atoms with Crippen molar-refractivity contribution in [2.75, 3.05) is 0 Å². The van der Waals surface area contributed by atoms with Gasteiger partial charge >= 0.3 is 0 Å². The molecule has 4 nitrogen and oxygen atoms in total. The molecule has 1 heterocycles. The topological polar surface area (TPSA) is 61.6 Å². The van der Waals surface area contributed by atoms with E-state index >= 15 is 0 Å². The number of hydrogen-bond acceptors (Lipinski definition) is 2. The van der Waals surface area contributed by atoms with Crippen molar-refractivity contribution in [2.45, 2.75) is 13.0 Å². The van der Waals surface area contributed by atoms with Crippen LogP contribution in [0.4, 0.5) is 0 Å². The van der Waals surface area contributed by atoms with Gasteiger partial charge in [-0.25, -0.2) is 0 Å². The lowest BCUT2D eigenvalue weighted by Gasteiger charge is -1.94. The monoisotopic (exact) mass is 231 g/mol. The minimum Gasteiger partial charge on any atom is -0.295 e. The number of rotatable bonds is 3. The van der Waals surface area contributed by atoms with E-state index in [1.165, 1.54) is 16.8 Å². The highest BCUT2D eigenvalue weighted by Crippen LogP contribution is 2.10. The average molecular weight is 232 g/mol. The summed E-state index contributed by atoms with van der Waals surface area (Å²) >= 11 is 10.8. The predicted octanol–water partition coefficient (Wildman–Crippen LogP) is 1.87. The number of nitrogens with zero attached hydrogens (tertiary/aromatic N) is 2. The zero-order valence-electron chi connectivity index (χ0n) is 7.13. The SMILES string of the molecule is N#CCCn1[nH]c(C=C(Cl)Cl)cc1=O. The lowest BCUT2D eigenvalue weighted by atomic mass is 10.4. The maximum absolute atomic E-state index is 11.2. The average Bonchev–Trinajstić information content (AvgIpc) is 2.41.